The lowest BCUT2D eigenvalue weighted by Crippen LogP contribution is -2.61. The summed E-state index contributed by atoms with van der Waals surface area (Å²) in [5, 5.41) is 9.94. The van der Waals surface area contributed by atoms with Crippen LogP contribution in [0.15, 0.2) is 78.2 Å². The number of amides is 1. The number of rotatable bonds is 5. The molecule has 2 aliphatic heterocycles. The number of benzene rings is 3. The molecule has 2 aromatic heterocycles. The molecule has 1 N–H and O–H groups in total. The summed E-state index contributed by atoms with van der Waals surface area (Å²) >= 11 is 7.16. The van der Waals surface area contributed by atoms with Gasteiger partial charge in [0, 0.05) is 59.0 Å². The normalized spacial score (nSPS) is 16.2. The lowest BCUT2D eigenvalue weighted by atomic mass is 9.72. The van der Waals surface area contributed by atoms with Gasteiger partial charge in [-0.15, -0.1) is 0 Å². The second-order valence-electron chi connectivity index (χ2n) is 12.7. The lowest BCUT2D eigenvalue weighted by molar-refractivity contribution is -0.139. The van der Waals surface area contributed by atoms with Crippen LogP contribution >= 0.6 is 11.6 Å². The maximum Gasteiger partial charge on any atom is 0.257 e. The first-order chi connectivity index (χ1) is 21.2. The molecule has 3 aromatic carbocycles. The van der Waals surface area contributed by atoms with E-state index in [1.165, 1.54) is 6.08 Å². The fourth-order valence-electron chi connectivity index (χ4n) is 7.28. The summed E-state index contributed by atoms with van der Waals surface area (Å²) in [6, 6.07) is 18.2. The summed E-state index contributed by atoms with van der Waals surface area (Å²) in [4.78, 5) is 30.5. The molecule has 2 fully saturated rings. The van der Waals surface area contributed by atoms with Crippen molar-refractivity contribution in [3.63, 3.8) is 0 Å². The number of carbonyl (C=O) groups excluding carboxylic acids is 1. The highest BCUT2D eigenvalue weighted by Crippen LogP contribution is 2.44. The molecule has 0 aliphatic carbocycles. The first-order valence-electron chi connectivity index (χ1n) is 15.3. The molecule has 0 radical (unpaired) electrons. The summed E-state index contributed by atoms with van der Waals surface area (Å²) in [5.41, 5.74) is 7.69. The average molecular weight is 606 g/mol. The Morgan fingerprint density at radius 3 is 2.52 bits per heavy atom. The molecule has 0 bridgehead atoms. The third-order valence-corrected chi connectivity index (χ3v) is 10.0. The van der Waals surface area contributed by atoms with Gasteiger partial charge in [-0.2, -0.15) is 5.10 Å². The van der Waals surface area contributed by atoms with E-state index >= 15 is 0 Å². The van der Waals surface area contributed by atoms with E-state index < -0.39 is 0 Å². The van der Waals surface area contributed by atoms with Crippen LogP contribution in [0, 0.1) is 12.3 Å². The number of nitrogens with zero attached hydrogens (tertiary/aromatic N) is 4. The van der Waals surface area contributed by atoms with Gasteiger partial charge < -0.3 is 9.80 Å². The molecule has 7 rings (SSSR count). The maximum atomic E-state index is 14.2. The molecule has 224 valence electrons. The van der Waals surface area contributed by atoms with Gasteiger partial charge in [0.15, 0.2) is 0 Å². The molecule has 0 saturated carbocycles. The molecule has 5 aromatic rings. The number of likely N-dealkylation sites (tertiary alicyclic amines) is 1. The second kappa shape index (κ2) is 10.7. The Labute approximate surface area is 261 Å². The summed E-state index contributed by atoms with van der Waals surface area (Å²) in [6.07, 6.45) is 5.15. The fourth-order valence-corrected chi connectivity index (χ4v) is 7.54. The maximum absolute atomic E-state index is 14.2. The zero-order chi connectivity index (χ0) is 30.7. The topological polar surface area (TPSA) is 74.2 Å². The van der Waals surface area contributed by atoms with Gasteiger partial charge in [0.05, 0.1) is 28.6 Å². The van der Waals surface area contributed by atoms with Gasteiger partial charge in [-0.1, -0.05) is 56.3 Å². The SMILES string of the molecule is C=CC(=O)N1CC2(CCN(c3cc(=O)n(-c4ccccc4C(C)C)c4cc(-c5c(C)ccc6[nH]ncc56)c(Cl)cc34)CC2)C1. The number of para-hydroxylation sites is 1. The molecule has 7 nitrogen and oxygen atoms in total. The number of piperidine rings is 1. The molecule has 2 saturated heterocycles. The third kappa shape index (κ3) is 4.53. The predicted molar refractivity (Wildman–Crippen MR) is 179 cm³/mol. The van der Waals surface area contributed by atoms with E-state index in [2.05, 4.69) is 60.6 Å². The van der Waals surface area contributed by atoms with Crippen LogP contribution in [0.2, 0.25) is 5.02 Å². The Morgan fingerprint density at radius 1 is 1.05 bits per heavy atom. The number of aryl methyl sites for hydroxylation is 1. The zero-order valence-corrected chi connectivity index (χ0v) is 26.1. The molecule has 0 unspecified atom stereocenters. The number of hydrogen-bond acceptors (Lipinski definition) is 4. The Balaban J connectivity index is 1.40. The van der Waals surface area contributed by atoms with Crippen LogP contribution in [0.1, 0.15) is 43.7 Å². The average Bonchev–Trinajstić information content (AvgIpc) is 3.48. The lowest BCUT2D eigenvalue weighted by Gasteiger charge is -2.54. The molecule has 2 aliphatic rings. The predicted octanol–water partition coefficient (Wildman–Crippen LogP) is 7.23. The van der Waals surface area contributed by atoms with E-state index in [-0.39, 0.29) is 22.8 Å². The first kappa shape index (κ1) is 28.4. The van der Waals surface area contributed by atoms with E-state index in [0.717, 1.165) is 94.5 Å². The van der Waals surface area contributed by atoms with E-state index in [1.807, 2.05) is 46.0 Å². The number of hydrogen-bond donors (Lipinski definition) is 1. The first-order valence-corrected chi connectivity index (χ1v) is 15.7. The fraction of sp³-hybridized carbons (Fsp3) is 0.306. The van der Waals surface area contributed by atoms with Crippen molar-refractivity contribution in [3.8, 4) is 16.8 Å². The van der Waals surface area contributed by atoms with Crippen LogP contribution in [0.5, 0.6) is 0 Å². The molecule has 44 heavy (non-hydrogen) atoms. The monoisotopic (exact) mass is 605 g/mol. The summed E-state index contributed by atoms with van der Waals surface area (Å²) in [6.45, 7) is 13.2. The van der Waals surface area contributed by atoms with Crippen LogP contribution in [-0.2, 0) is 4.79 Å². The van der Waals surface area contributed by atoms with E-state index in [4.69, 9.17) is 11.6 Å². The Morgan fingerprint density at radius 2 is 1.80 bits per heavy atom. The molecular formula is C36H36ClN5O2. The molecule has 0 atom stereocenters. The number of carbonyl (C=O) groups is 1. The summed E-state index contributed by atoms with van der Waals surface area (Å²) < 4.78 is 1.86. The van der Waals surface area contributed by atoms with Crippen LogP contribution in [-0.4, -0.2) is 51.8 Å². The van der Waals surface area contributed by atoms with Crippen LogP contribution in [0.4, 0.5) is 5.69 Å². The number of nitrogens with one attached hydrogen (secondary N) is 1. The van der Waals surface area contributed by atoms with Crippen molar-refractivity contribution in [2.75, 3.05) is 31.1 Å². The smallest absolute Gasteiger partial charge is 0.257 e. The van der Waals surface area contributed by atoms with E-state index in [1.54, 1.807) is 6.07 Å². The van der Waals surface area contributed by atoms with Crippen molar-refractivity contribution in [2.45, 2.75) is 39.5 Å². The minimum atomic E-state index is -0.0706. The third-order valence-electron chi connectivity index (χ3n) is 9.69. The Bertz CT molecular complexity index is 2010. The van der Waals surface area contributed by atoms with Crippen molar-refractivity contribution >= 4 is 45.0 Å². The Kier molecular flexibility index (Phi) is 6.89. The molecular weight excluding hydrogens is 570 g/mol. The van der Waals surface area contributed by atoms with Gasteiger partial charge in [0.25, 0.3) is 5.56 Å². The standard InChI is InChI=1S/C36H36ClN5O2/c1-5-33(43)41-20-36(21-41)12-14-40(15-13-36)31-18-34(44)42(30-9-7-6-8-24(30)22(2)3)32-17-25(28(37)16-26(31)32)35-23(4)10-11-29-27(35)19-38-39-29/h5-11,16-19,22H,1,12-15,20-21H2,2-4H3,(H,38,39). The molecule has 1 spiro atoms. The van der Waals surface area contributed by atoms with Gasteiger partial charge in [0.2, 0.25) is 5.91 Å². The number of aromatic nitrogens is 3. The summed E-state index contributed by atoms with van der Waals surface area (Å²) in [7, 11) is 0. The van der Waals surface area contributed by atoms with Crippen molar-refractivity contribution in [3.05, 3.63) is 100.0 Å². The van der Waals surface area contributed by atoms with Gasteiger partial charge in [0.1, 0.15) is 0 Å². The number of anilines is 1. The second-order valence-corrected chi connectivity index (χ2v) is 13.1. The number of H-pyrrole nitrogens is 1. The zero-order valence-electron chi connectivity index (χ0n) is 25.4. The van der Waals surface area contributed by atoms with Gasteiger partial charge in [-0.25, -0.2) is 0 Å². The van der Waals surface area contributed by atoms with Crippen molar-refractivity contribution in [2.24, 2.45) is 5.41 Å². The van der Waals surface area contributed by atoms with Crippen molar-refractivity contribution in [1.82, 2.24) is 19.7 Å². The highest BCUT2D eigenvalue weighted by Gasteiger charge is 2.46. The van der Waals surface area contributed by atoms with Gasteiger partial charge in [-0.3, -0.25) is 19.3 Å². The van der Waals surface area contributed by atoms with Crippen LogP contribution < -0.4 is 10.5 Å². The molecule has 4 heterocycles. The van der Waals surface area contributed by atoms with Crippen molar-refractivity contribution < 1.29 is 4.79 Å². The quantitative estimate of drug-likeness (QED) is 0.214. The van der Waals surface area contributed by atoms with E-state index in [0.29, 0.717) is 5.02 Å². The van der Waals surface area contributed by atoms with Gasteiger partial charge in [-0.05, 0) is 72.7 Å². The van der Waals surface area contributed by atoms with Crippen LogP contribution in [0.25, 0.3) is 38.6 Å². The number of pyridine rings is 1. The highest BCUT2D eigenvalue weighted by atomic mass is 35.5. The minimum absolute atomic E-state index is 0.00105. The van der Waals surface area contributed by atoms with Crippen LogP contribution in [0.3, 0.4) is 0 Å². The molecule has 8 heteroatoms. The largest absolute Gasteiger partial charge is 0.371 e. The minimum Gasteiger partial charge on any atom is -0.371 e. The molecule has 1 amide bonds. The number of halogens is 1. The summed E-state index contributed by atoms with van der Waals surface area (Å²) in [5.74, 6) is 0.232. The number of aromatic amines is 1. The van der Waals surface area contributed by atoms with Gasteiger partial charge >= 0.3 is 0 Å². The van der Waals surface area contributed by atoms with E-state index in [9.17, 15) is 9.59 Å². The number of fused-ring (bicyclic) bond motifs is 2. The highest BCUT2D eigenvalue weighted by molar-refractivity contribution is 6.35. The van der Waals surface area contributed by atoms with Crippen molar-refractivity contribution in [1.29, 1.82) is 0 Å². The Hall–Kier alpha value is -4.36.